The highest BCUT2D eigenvalue weighted by Crippen LogP contribution is 2.27. The Bertz CT molecular complexity index is 388. The molecule has 2 atom stereocenters. The van der Waals surface area contributed by atoms with Crippen molar-refractivity contribution in [3.63, 3.8) is 0 Å². The first kappa shape index (κ1) is 14.9. The lowest BCUT2D eigenvalue weighted by Crippen LogP contribution is -2.44. The van der Waals surface area contributed by atoms with Crippen LogP contribution in [0.4, 0.5) is 0 Å². The molecule has 2 unspecified atom stereocenters. The molecule has 0 radical (unpaired) electrons. The Hall–Kier alpha value is -0.450. The van der Waals surface area contributed by atoms with E-state index in [1.807, 2.05) is 17.5 Å². The summed E-state index contributed by atoms with van der Waals surface area (Å²) >= 11 is 1.86. The van der Waals surface area contributed by atoms with E-state index < -0.39 is 0 Å². The summed E-state index contributed by atoms with van der Waals surface area (Å²) in [6.45, 7) is 8.76. The fourth-order valence-electron chi connectivity index (χ4n) is 2.89. The lowest BCUT2D eigenvalue weighted by atomic mass is 9.98. The zero-order valence-corrected chi connectivity index (χ0v) is 13.2. The minimum Gasteiger partial charge on any atom is -0.330 e. The van der Waals surface area contributed by atoms with Crippen molar-refractivity contribution < 1.29 is 0 Å². The number of piperidine rings is 1. The summed E-state index contributed by atoms with van der Waals surface area (Å²) in [7, 11) is 0. The summed E-state index contributed by atoms with van der Waals surface area (Å²) in [5.74, 6) is 0.443. The number of hydrogen-bond donors (Lipinski definition) is 1. The van der Waals surface area contributed by atoms with Gasteiger partial charge in [0, 0.05) is 35.5 Å². The van der Waals surface area contributed by atoms with Gasteiger partial charge in [0.2, 0.25) is 0 Å². The number of likely N-dealkylation sites (tertiary alicyclic amines) is 1. The molecule has 19 heavy (non-hydrogen) atoms. The largest absolute Gasteiger partial charge is 0.330 e. The van der Waals surface area contributed by atoms with E-state index in [9.17, 15) is 0 Å². The van der Waals surface area contributed by atoms with Crippen LogP contribution in [-0.2, 0) is 6.42 Å². The van der Waals surface area contributed by atoms with Crippen LogP contribution < -0.4 is 5.73 Å². The van der Waals surface area contributed by atoms with Crippen LogP contribution in [0.1, 0.15) is 55.8 Å². The van der Waals surface area contributed by atoms with E-state index >= 15 is 0 Å². The number of nitrogens with two attached hydrogens (primary N) is 1. The molecule has 3 nitrogen and oxygen atoms in total. The topological polar surface area (TPSA) is 42.1 Å². The quantitative estimate of drug-likeness (QED) is 0.902. The summed E-state index contributed by atoms with van der Waals surface area (Å²) in [4.78, 5) is 8.60. The third-order valence-electron chi connectivity index (χ3n) is 4.16. The molecule has 2 N–H and O–H groups in total. The summed E-state index contributed by atoms with van der Waals surface area (Å²) in [6.07, 6.45) is 7.17. The molecule has 1 aromatic heterocycles. The van der Waals surface area contributed by atoms with Crippen LogP contribution in [0.2, 0.25) is 0 Å². The van der Waals surface area contributed by atoms with Gasteiger partial charge in [0.05, 0.1) is 5.01 Å². The highest BCUT2D eigenvalue weighted by molar-refractivity contribution is 7.11. The Kier molecular flexibility index (Phi) is 5.37. The highest BCUT2D eigenvalue weighted by atomic mass is 32.1. The molecule has 0 amide bonds. The predicted octanol–water partition coefficient (Wildman–Crippen LogP) is 3.01. The van der Waals surface area contributed by atoms with Crippen molar-refractivity contribution in [2.75, 3.05) is 13.1 Å². The fraction of sp³-hybridized carbons (Fsp3) is 0.800. The van der Waals surface area contributed by atoms with E-state index in [1.165, 1.54) is 35.7 Å². The molecule has 2 heterocycles. The van der Waals surface area contributed by atoms with Crippen LogP contribution in [0, 0.1) is 0 Å². The Morgan fingerprint density at radius 2 is 2.21 bits per heavy atom. The molecule has 0 spiro atoms. The number of nitrogens with zero attached hydrogens (tertiary/aromatic N) is 2. The second-order valence-corrected chi connectivity index (χ2v) is 7.13. The number of hydrogen-bond acceptors (Lipinski definition) is 4. The van der Waals surface area contributed by atoms with Crippen molar-refractivity contribution >= 4 is 11.3 Å². The molecule has 4 heteroatoms. The fourth-order valence-corrected chi connectivity index (χ4v) is 3.94. The zero-order valence-electron chi connectivity index (χ0n) is 12.4. The molecule has 0 aromatic carbocycles. The minimum atomic E-state index is 0.443. The average molecular weight is 281 g/mol. The van der Waals surface area contributed by atoms with Gasteiger partial charge >= 0.3 is 0 Å². The Morgan fingerprint density at radius 1 is 1.42 bits per heavy atom. The first-order chi connectivity index (χ1) is 9.11. The van der Waals surface area contributed by atoms with E-state index in [1.54, 1.807) is 0 Å². The molecule has 1 aliphatic rings. The smallest absolute Gasteiger partial charge is 0.0943 e. The van der Waals surface area contributed by atoms with E-state index in [0.29, 0.717) is 24.5 Å². The Balaban J connectivity index is 2.00. The molecule has 1 saturated heterocycles. The SMILES string of the molecule is CC(CN)c1cnc(CC2CCCCN2C(C)C)s1. The zero-order chi connectivity index (χ0) is 13.8. The lowest BCUT2D eigenvalue weighted by Gasteiger charge is -2.38. The molecular formula is C15H27N3S. The lowest BCUT2D eigenvalue weighted by molar-refractivity contribution is 0.111. The van der Waals surface area contributed by atoms with Gasteiger partial charge < -0.3 is 5.73 Å². The third-order valence-corrected chi connectivity index (χ3v) is 5.41. The number of thiazole rings is 1. The van der Waals surface area contributed by atoms with Crippen molar-refractivity contribution in [1.29, 1.82) is 0 Å². The van der Waals surface area contributed by atoms with Crippen molar-refractivity contribution in [3.05, 3.63) is 16.1 Å². The molecular weight excluding hydrogens is 254 g/mol. The van der Waals surface area contributed by atoms with Gasteiger partial charge in [0.1, 0.15) is 0 Å². The van der Waals surface area contributed by atoms with Crippen LogP contribution in [-0.4, -0.2) is 35.1 Å². The molecule has 1 fully saturated rings. The van der Waals surface area contributed by atoms with Gasteiger partial charge in [-0.25, -0.2) is 4.98 Å². The summed E-state index contributed by atoms with van der Waals surface area (Å²) < 4.78 is 0. The van der Waals surface area contributed by atoms with E-state index in [4.69, 9.17) is 5.73 Å². The normalized spacial score (nSPS) is 22.9. The van der Waals surface area contributed by atoms with Crippen LogP contribution in [0.15, 0.2) is 6.20 Å². The maximum Gasteiger partial charge on any atom is 0.0943 e. The monoisotopic (exact) mass is 281 g/mol. The number of rotatable bonds is 5. The predicted molar refractivity (Wildman–Crippen MR) is 82.8 cm³/mol. The van der Waals surface area contributed by atoms with Gasteiger partial charge in [-0.3, -0.25) is 4.90 Å². The van der Waals surface area contributed by atoms with E-state index in [-0.39, 0.29) is 0 Å². The maximum atomic E-state index is 5.73. The Morgan fingerprint density at radius 3 is 2.89 bits per heavy atom. The minimum absolute atomic E-state index is 0.443. The van der Waals surface area contributed by atoms with Gasteiger partial charge in [-0.2, -0.15) is 0 Å². The highest BCUT2D eigenvalue weighted by Gasteiger charge is 2.25. The molecule has 108 valence electrons. The summed E-state index contributed by atoms with van der Waals surface area (Å²) in [6, 6.07) is 1.33. The second-order valence-electron chi connectivity index (χ2n) is 5.98. The van der Waals surface area contributed by atoms with Gasteiger partial charge in [0.15, 0.2) is 0 Å². The molecule has 2 rings (SSSR count). The molecule has 1 aromatic rings. The third kappa shape index (κ3) is 3.77. The summed E-state index contributed by atoms with van der Waals surface area (Å²) in [5, 5.41) is 1.29. The molecule has 0 aliphatic carbocycles. The number of aromatic nitrogens is 1. The van der Waals surface area contributed by atoms with Gasteiger partial charge in [-0.1, -0.05) is 13.3 Å². The van der Waals surface area contributed by atoms with E-state index in [0.717, 1.165) is 6.42 Å². The van der Waals surface area contributed by atoms with Crippen LogP contribution in [0.25, 0.3) is 0 Å². The molecule has 0 bridgehead atoms. The van der Waals surface area contributed by atoms with Gasteiger partial charge in [-0.15, -0.1) is 11.3 Å². The maximum absolute atomic E-state index is 5.73. The first-order valence-electron chi connectivity index (χ1n) is 7.52. The second kappa shape index (κ2) is 6.82. The van der Waals surface area contributed by atoms with Crippen molar-refractivity contribution in [2.45, 2.75) is 64.5 Å². The van der Waals surface area contributed by atoms with Crippen molar-refractivity contribution in [2.24, 2.45) is 5.73 Å². The Labute approximate surface area is 121 Å². The van der Waals surface area contributed by atoms with Crippen LogP contribution in [0.5, 0.6) is 0 Å². The van der Waals surface area contributed by atoms with Crippen molar-refractivity contribution in [3.8, 4) is 0 Å². The van der Waals surface area contributed by atoms with E-state index in [2.05, 4.69) is 30.7 Å². The average Bonchev–Trinajstić information content (AvgIpc) is 2.86. The van der Waals surface area contributed by atoms with Crippen LogP contribution in [0.3, 0.4) is 0 Å². The summed E-state index contributed by atoms with van der Waals surface area (Å²) in [5.41, 5.74) is 5.73. The van der Waals surface area contributed by atoms with Crippen LogP contribution >= 0.6 is 11.3 Å². The van der Waals surface area contributed by atoms with Gasteiger partial charge in [0.25, 0.3) is 0 Å². The molecule has 0 saturated carbocycles. The van der Waals surface area contributed by atoms with Crippen molar-refractivity contribution in [1.82, 2.24) is 9.88 Å². The van der Waals surface area contributed by atoms with Gasteiger partial charge in [-0.05, 0) is 39.8 Å². The molecule has 1 aliphatic heterocycles. The standard InChI is InChI=1S/C15H27N3S/c1-11(2)18-7-5-4-6-13(18)8-15-17-10-14(19-15)12(3)9-16/h10-13H,4-9,16H2,1-3H3. The first-order valence-corrected chi connectivity index (χ1v) is 8.34.